The summed E-state index contributed by atoms with van der Waals surface area (Å²) in [6.07, 6.45) is 2.37. The monoisotopic (exact) mass is 282 g/mol. The summed E-state index contributed by atoms with van der Waals surface area (Å²) < 4.78 is 6.15. The van der Waals surface area contributed by atoms with Crippen LogP contribution in [0, 0.1) is 11.8 Å². The van der Waals surface area contributed by atoms with E-state index < -0.39 is 0 Å². The Morgan fingerprint density at radius 3 is 2.75 bits per heavy atom. The van der Waals surface area contributed by atoms with Crippen molar-refractivity contribution >= 4 is 21.7 Å². The highest BCUT2D eigenvalue weighted by molar-refractivity contribution is 9.10. The van der Waals surface area contributed by atoms with Gasteiger partial charge in [0.05, 0.1) is 12.7 Å². The third-order valence-corrected chi connectivity index (χ3v) is 3.66. The molecule has 1 aliphatic carbocycles. The van der Waals surface area contributed by atoms with Crippen LogP contribution in [0.1, 0.15) is 30.1 Å². The number of Topliss-reactive ketones (excluding diaryl/α,β-unsaturated/α-hetero) is 1. The molecule has 1 aromatic carbocycles. The summed E-state index contributed by atoms with van der Waals surface area (Å²) in [5, 5.41) is 0. The van der Waals surface area contributed by atoms with Crippen molar-refractivity contribution in [3.63, 3.8) is 0 Å². The lowest BCUT2D eigenvalue weighted by molar-refractivity contribution is 0.0913. The number of ketones is 1. The van der Waals surface area contributed by atoms with Crippen LogP contribution in [-0.2, 0) is 0 Å². The van der Waals surface area contributed by atoms with E-state index in [9.17, 15) is 4.79 Å². The van der Waals surface area contributed by atoms with Crippen molar-refractivity contribution in [2.45, 2.75) is 19.8 Å². The number of carbonyl (C=O) groups excluding carboxylic acids is 1. The van der Waals surface area contributed by atoms with Gasteiger partial charge in [-0.25, -0.2) is 0 Å². The molecule has 0 radical (unpaired) electrons. The number of methoxy groups -OCH3 is 1. The maximum atomic E-state index is 12.3. The molecule has 2 nitrogen and oxygen atoms in total. The molecule has 1 aliphatic rings. The Labute approximate surface area is 104 Å². The standard InChI is InChI=1S/C13H15BrO2/c1-8(9-3-4-9)13(15)11-7-10(14)5-6-12(11)16-2/h5-9H,3-4H2,1-2H3. The third-order valence-electron chi connectivity index (χ3n) is 3.17. The molecule has 0 saturated heterocycles. The van der Waals surface area contributed by atoms with Crippen molar-refractivity contribution in [1.82, 2.24) is 0 Å². The smallest absolute Gasteiger partial charge is 0.169 e. The van der Waals surface area contributed by atoms with Gasteiger partial charge >= 0.3 is 0 Å². The molecular weight excluding hydrogens is 268 g/mol. The third kappa shape index (κ3) is 2.29. The lowest BCUT2D eigenvalue weighted by Gasteiger charge is -2.12. The van der Waals surface area contributed by atoms with E-state index in [1.807, 2.05) is 25.1 Å². The van der Waals surface area contributed by atoms with Crippen LogP contribution in [0.2, 0.25) is 0 Å². The second kappa shape index (κ2) is 4.58. The molecule has 3 heteroatoms. The molecule has 0 aliphatic heterocycles. The molecule has 1 atom stereocenters. The number of benzene rings is 1. The van der Waals surface area contributed by atoms with E-state index in [-0.39, 0.29) is 11.7 Å². The van der Waals surface area contributed by atoms with Crippen molar-refractivity contribution < 1.29 is 9.53 Å². The number of halogens is 1. The molecule has 0 bridgehead atoms. The summed E-state index contributed by atoms with van der Waals surface area (Å²) >= 11 is 3.39. The fourth-order valence-corrected chi connectivity index (χ4v) is 2.29. The molecule has 1 unspecified atom stereocenters. The van der Waals surface area contributed by atoms with Crippen LogP contribution < -0.4 is 4.74 Å². The van der Waals surface area contributed by atoms with E-state index in [0.29, 0.717) is 17.2 Å². The predicted molar refractivity (Wildman–Crippen MR) is 66.9 cm³/mol. The Hall–Kier alpha value is -0.830. The minimum absolute atomic E-state index is 0.114. The lowest BCUT2D eigenvalue weighted by Crippen LogP contribution is -2.14. The zero-order chi connectivity index (χ0) is 11.7. The molecule has 0 spiro atoms. The summed E-state index contributed by atoms with van der Waals surface area (Å²) in [6, 6.07) is 5.56. The van der Waals surface area contributed by atoms with Gasteiger partial charge in [-0.3, -0.25) is 4.79 Å². The minimum atomic E-state index is 0.114. The van der Waals surface area contributed by atoms with Crippen LogP contribution in [0.15, 0.2) is 22.7 Å². The Morgan fingerprint density at radius 2 is 2.19 bits per heavy atom. The van der Waals surface area contributed by atoms with Crippen molar-refractivity contribution in [3.8, 4) is 5.75 Å². The van der Waals surface area contributed by atoms with Gasteiger partial charge in [0.2, 0.25) is 0 Å². The van der Waals surface area contributed by atoms with Crippen LogP contribution in [0.3, 0.4) is 0 Å². The Bertz CT molecular complexity index is 410. The molecule has 0 aromatic heterocycles. The van der Waals surface area contributed by atoms with Crippen molar-refractivity contribution in [1.29, 1.82) is 0 Å². The van der Waals surface area contributed by atoms with Crippen LogP contribution >= 0.6 is 15.9 Å². The summed E-state index contributed by atoms with van der Waals surface area (Å²) in [6.45, 7) is 2.01. The van der Waals surface area contributed by atoms with Crippen LogP contribution in [0.5, 0.6) is 5.75 Å². The quantitative estimate of drug-likeness (QED) is 0.788. The van der Waals surface area contributed by atoms with E-state index in [0.717, 1.165) is 4.47 Å². The van der Waals surface area contributed by atoms with Gasteiger partial charge in [-0.15, -0.1) is 0 Å². The minimum Gasteiger partial charge on any atom is -0.496 e. The van der Waals surface area contributed by atoms with Crippen molar-refractivity contribution in [3.05, 3.63) is 28.2 Å². The molecule has 1 fully saturated rings. The fourth-order valence-electron chi connectivity index (χ4n) is 1.93. The average molecular weight is 283 g/mol. The highest BCUT2D eigenvalue weighted by Crippen LogP contribution is 2.39. The van der Waals surface area contributed by atoms with Crippen molar-refractivity contribution in [2.24, 2.45) is 11.8 Å². The first kappa shape index (κ1) is 11.6. The number of carbonyl (C=O) groups is 1. The molecule has 0 amide bonds. The first-order valence-electron chi connectivity index (χ1n) is 5.51. The highest BCUT2D eigenvalue weighted by Gasteiger charge is 2.34. The maximum absolute atomic E-state index is 12.3. The Morgan fingerprint density at radius 1 is 1.50 bits per heavy atom. The summed E-state index contributed by atoms with van der Waals surface area (Å²) in [7, 11) is 1.60. The van der Waals surface area contributed by atoms with Crippen LogP contribution in [0.25, 0.3) is 0 Å². The van der Waals surface area contributed by atoms with Gasteiger partial charge in [0.25, 0.3) is 0 Å². The van der Waals surface area contributed by atoms with Crippen molar-refractivity contribution in [2.75, 3.05) is 7.11 Å². The number of ether oxygens (including phenoxy) is 1. The van der Waals surface area contributed by atoms with E-state index in [1.165, 1.54) is 12.8 Å². The van der Waals surface area contributed by atoms with Crippen LogP contribution in [0.4, 0.5) is 0 Å². The Kier molecular flexibility index (Phi) is 3.33. The largest absolute Gasteiger partial charge is 0.496 e. The molecule has 1 aromatic rings. The topological polar surface area (TPSA) is 26.3 Å². The SMILES string of the molecule is COc1ccc(Br)cc1C(=O)C(C)C1CC1. The van der Waals surface area contributed by atoms with Gasteiger partial charge in [-0.2, -0.15) is 0 Å². The normalized spacial score (nSPS) is 16.9. The van der Waals surface area contributed by atoms with E-state index >= 15 is 0 Å². The zero-order valence-electron chi connectivity index (χ0n) is 9.50. The molecule has 0 heterocycles. The van der Waals surface area contributed by atoms with Gasteiger partial charge in [0, 0.05) is 10.4 Å². The van der Waals surface area contributed by atoms with Gasteiger partial charge in [-0.05, 0) is 37.0 Å². The van der Waals surface area contributed by atoms with Crippen LogP contribution in [-0.4, -0.2) is 12.9 Å². The van der Waals surface area contributed by atoms with E-state index in [4.69, 9.17) is 4.74 Å². The first-order valence-corrected chi connectivity index (χ1v) is 6.30. The van der Waals surface area contributed by atoms with E-state index in [1.54, 1.807) is 7.11 Å². The van der Waals surface area contributed by atoms with Gasteiger partial charge < -0.3 is 4.74 Å². The second-order valence-corrected chi connectivity index (χ2v) is 5.25. The first-order chi connectivity index (χ1) is 7.63. The lowest BCUT2D eigenvalue weighted by atomic mass is 9.94. The van der Waals surface area contributed by atoms with Gasteiger partial charge in [0.1, 0.15) is 5.75 Å². The fraction of sp³-hybridized carbons (Fsp3) is 0.462. The number of hydrogen-bond acceptors (Lipinski definition) is 2. The molecule has 16 heavy (non-hydrogen) atoms. The molecule has 2 rings (SSSR count). The molecular formula is C13H15BrO2. The zero-order valence-corrected chi connectivity index (χ0v) is 11.1. The van der Waals surface area contributed by atoms with Gasteiger partial charge in [-0.1, -0.05) is 22.9 Å². The highest BCUT2D eigenvalue weighted by atomic mass is 79.9. The summed E-state index contributed by atoms with van der Waals surface area (Å²) in [5.74, 6) is 1.56. The second-order valence-electron chi connectivity index (χ2n) is 4.33. The summed E-state index contributed by atoms with van der Waals surface area (Å²) in [5.41, 5.74) is 0.691. The molecule has 0 N–H and O–H groups in total. The van der Waals surface area contributed by atoms with E-state index in [2.05, 4.69) is 15.9 Å². The number of rotatable bonds is 4. The molecule has 86 valence electrons. The van der Waals surface area contributed by atoms with Gasteiger partial charge in [0.15, 0.2) is 5.78 Å². The molecule has 1 saturated carbocycles. The summed E-state index contributed by atoms with van der Waals surface area (Å²) in [4.78, 5) is 12.3. The maximum Gasteiger partial charge on any atom is 0.169 e. The number of hydrogen-bond donors (Lipinski definition) is 0. The average Bonchev–Trinajstić information content (AvgIpc) is 3.11. The predicted octanol–water partition coefficient (Wildman–Crippen LogP) is 3.69. The Balaban J connectivity index is 2.30.